The highest BCUT2D eigenvalue weighted by Gasteiger charge is 2.43. The van der Waals surface area contributed by atoms with Crippen molar-refractivity contribution in [1.82, 2.24) is 14.8 Å². The van der Waals surface area contributed by atoms with E-state index < -0.39 is 41.4 Å². The Morgan fingerprint density at radius 3 is 2.58 bits per heavy atom. The van der Waals surface area contributed by atoms with Crippen LogP contribution in [0.25, 0.3) is 27.5 Å². The van der Waals surface area contributed by atoms with Gasteiger partial charge in [0.15, 0.2) is 5.82 Å². The van der Waals surface area contributed by atoms with Crippen LogP contribution in [0.2, 0.25) is 0 Å². The lowest BCUT2D eigenvalue weighted by Gasteiger charge is -2.20. The SMILES string of the molecule is Cc1cc(-n2c(C(C)C)c(C(F)(F)CC(=O)O)c3c(F)c4[nH]ncc4cc32)ccc1F. The van der Waals surface area contributed by atoms with Gasteiger partial charge in [-0.3, -0.25) is 9.89 Å². The quantitative estimate of drug-likeness (QED) is 0.392. The third kappa shape index (κ3) is 3.24. The maximum atomic E-state index is 15.5. The van der Waals surface area contributed by atoms with E-state index in [0.29, 0.717) is 11.1 Å². The zero-order valence-electron chi connectivity index (χ0n) is 16.9. The van der Waals surface area contributed by atoms with E-state index in [-0.39, 0.29) is 27.7 Å². The summed E-state index contributed by atoms with van der Waals surface area (Å²) in [6, 6.07) is 5.63. The summed E-state index contributed by atoms with van der Waals surface area (Å²) in [5.74, 6) is -7.49. The minimum atomic E-state index is -3.85. The van der Waals surface area contributed by atoms with E-state index in [4.69, 9.17) is 5.11 Å². The van der Waals surface area contributed by atoms with Crippen LogP contribution >= 0.6 is 0 Å². The number of H-pyrrole nitrogens is 1. The van der Waals surface area contributed by atoms with Crippen molar-refractivity contribution in [2.24, 2.45) is 0 Å². The van der Waals surface area contributed by atoms with Gasteiger partial charge in [-0.25, -0.2) is 17.6 Å². The highest BCUT2D eigenvalue weighted by molar-refractivity contribution is 6.00. The number of fused-ring (bicyclic) bond motifs is 2. The van der Waals surface area contributed by atoms with E-state index in [0.717, 1.165) is 0 Å². The van der Waals surface area contributed by atoms with E-state index in [1.807, 2.05) is 0 Å². The van der Waals surface area contributed by atoms with E-state index in [1.54, 1.807) is 13.8 Å². The van der Waals surface area contributed by atoms with Crippen LogP contribution in [0.4, 0.5) is 17.6 Å². The van der Waals surface area contributed by atoms with Crippen LogP contribution in [-0.2, 0) is 10.7 Å². The first-order chi connectivity index (χ1) is 14.5. The van der Waals surface area contributed by atoms with Crippen LogP contribution in [0.3, 0.4) is 0 Å². The maximum Gasteiger partial charge on any atom is 0.309 e. The van der Waals surface area contributed by atoms with Crippen molar-refractivity contribution in [3.05, 3.63) is 58.9 Å². The molecule has 0 aliphatic carbocycles. The number of aromatic nitrogens is 3. The van der Waals surface area contributed by atoms with Crippen molar-refractivity contribution in [3.63, 3.8) is 0 Å². The van der Waals surface area contributed by atoms with Crippen LogP contribution in [0.1, 0.15) is 43.0 Å². The second kappa shape index (κ2) is 7.11. The molecule has 4 aromatic rings. The average Bonchev–Trinajstić information content (AvgIpc) is 3.26. The summed E-state index contributed by atoms with van der Waals surface area (Å²) in [6.07, 6.45) is -0.121. The molecule has 0 aliphatic rings. The zero-order valence-corrected chi connectivity index (χ0v) is 16.9. The molecule has 4 rings (SSSR count). The fourth-order valence-corrected chi connectivity index (χ4v) is 4.06. The Hall–Kier alpha value is -3.36. The van der Waals surface area contributed by atoms with Crippen molar-refractivity contribution in [1.29, 1.82) is 0 Å². The molecule has 0 spiro atoms. The summed E-state index contributed by atoms with van der Waals surface area (Å²) in [5.41, 5.74) is 0.108. The number of hydrogen-bond donors (Lipinski definition) is 2. The Kier molecular flexibility index (Phi) is 4.79. The molecule has 5 nitrogen and oxygen atoms in total. The molecular formula is C22H19F4N3O2. The molecule has 31 heavy (non-hydrogen) atoms. The fourth-order valence-electron chi connectivity index (χ4n) is 4.06. The number of nitrogens with one attached hydrogen (secondary N) is 1. The van der Waals surface area contributed by atoms with Gasteiger partial charge in [-0.15, -0.1) is 0 Å². The Morgan fingerprint density at radius 2 is 1.97 bits per heavy atom. The molecule has 2 heterocycles. The Balaban J connectivity index is 2.23. The van der Waals surface area contributed by atoms with Crippen LogP contribution in [0.15, 0.2) is 30.5 Å². The number of aryl methyl sites for hydroxylation is 1. The molecule has 2 aromatic carbocycles. The monoisotopic (exact) mass is 433 g/mol. The minimum absolute atomic E-state index is 0.0531. The molecular weight excluding hydrogens is 414 g/mol. The molecule has 0 saturated heterocycles. The Morgan fingerprint density at radius 1 is 1.26 bits per heavy atom. The molecule has 2 N–H and O–H groups in total. The molecule has 162 valence electrons. The van der Waals surface area contributed by atoms with Gasteiger partial charge in [0, 0.05) is 22.2 Å². The molecule has 0 amide bonds. The van der Waals surface area contributed by atoms with E-state index >= 15 is 13.2 Å². The third-order valence-corrected chi connectivity index (χ3v) is 5.33. The second-order valence-corrected chi connectivity index (χ2v) is 7.88. The molecule has 0 saturated carbocycles. The number of alkyl halides is 2. The Bertz CT molecular complexity index is 1340. The van der Waals surface area contributed by atoms with Gasteiger partial charge in [0.1, 0.15) is 17.8 Å². The van der Waals surface area contributed by atoms with Crippen LogP contribution in [0, 0.1) is 18.6 Å². The van der Waals surface area contributed by atoms with Crippen molar-refractivity contribution in [2.75, 3.05) is 0 Å². The normalized spacial score (nSPS) is 12.4. The number of benzene rings is 2. The van der Waals surface area contributed by atoms with Crippen LogP contribution in [0.5, 0.6) is 0 Å². The number of rotatable bonds is 5. The van der Waals surface area contributed by atoms with Crippen molar-refractivity contribution >= 4 is 27.8 Å². The van der Waals surface area contributed by atoms with Crippen molar-refractivity contribution < 1.29 is 27.5 Å². The largest absolute Gasteiger partial charge is 0.481 e. The Labute approximate surface area is 174 Å². The summed E-state index contributed by atoms with van der Waals surface area (Å²) >= 11 is 0. The molecule has 0 aliphatic heterocycles. The third-order valence-electron chi connectivity index (χ3n) is 5.33. The number of halogens is 4. The van der Waals surface area contributed by atoms with Gasteiger partial charge >= 0.3 is 5.97 Å². The standard InChI is InChI=1S/C22H19F4N3O2/c1-10(2)21-18(22(25,26)8-16(30)31)17-15(7-12-9-27-28-20(12)19(17)24)29(21)13-4-5-14(23)11(3)6-13/h4-7,9-10H,8H2,1-3H3,(H,27,28)(H,30,31). The second-order valence-electron chi connectivity index (χ2n) is 7.88. The lowest BCUT2D eigenvalue weighted by molar-refractivity contribution is -0.145. The molecule has 0 unspecified atom stereocenters. The highest BCUT2D eigenvalue weighted by Crippen LogP contribution is 2.46. The number of carboxylic acid groups (broad SMARTS) is 1. The minimum Gasteiger partial charge on any atom is -0.481 e. The summed E-state index contributed by atoms with van der Waals surface area (Å²) in [7, 11) is 0. The lowest BCUT2D eigenvalue weighted by Crippen LogP contribution is -2.21. The number of aliphatic carboxylic acids is 1. The first-order valence-corrected chi connectivity index (χ1v) is 9.59. The summed E-state index contributed by atoms with van der Waals surface area (Å²) < 4.78 is 61.4. The van der Waals surface area contributed by atoms with Crippen molar-refractivity contribution in [3.8, 4) is 5.69 Å². The zero-order chi connectivity index (χ0) is 22.7. The first-order valence-electron chi connectivity index (χ1n) is 9.59. The van der Waals surface area contributed by atoms with Gasteiger partial charge in [-0.2, -0.15) is 5.10 Å². The van der Waals surface area contributed by atoms with Gasteiger partial charge in [0.25, 0.3) is 5.92 Å². The fraction of sp³-hybridized carbons (Fsp3) is 0.273. The highest BCUT2D eigenvalue weighted by atomic mass is 19.3. The molecule has 2 aromatic heterocycles. The summed E-state index contributed by atoms with van der Waals surface area (Å²) in [4.78, 5) is 11.2. The van der Waals surface area contributed by atoms with Gasteiger partial charge < -0.3 is 9.67 Å². The average molecular weight is 433 g/mol. The van der Waals surface area contributed by atoms with Gasteiger partial charge in [-0.05, 0) is 42.7 Å². The molecule has 0 bridgehead atoms. The predicted octanol–water partition coefficient (Wildman–Crippen LogP) is 5.78. The van der Waals surface area contributed by atoms with Gasteiger partial charge in [0.2, 0.25) is 0 Å². The molecule has 0 radical (unpaired) electrons. The van der Waals surface area contributed by atoms with E-state index in [2.05, 4.69) is 10.2 Å². The molecule has 9 heteroatoms. The molecule has 0 atom stereocenters. The van der Waals surface area contributed by atoms with Crippen LogP contribution in [-0.4, -0.2) is 25.8 Å². The van der Waals surface area contributed by atoms with Gasteiger partial charge in [0.05, 0.1) is 17.3 Å². The number of carboxylic acids is 1. The topological polar surface area (TPSA) is 70.9 Å². The van der Waals surface area contributed by atoms with E-state index in [9.17, 15) is 9.18 Å². The van der Waals surface area contributed by atoms with Gasteiger partial charge in [-0.1, -0.05) is 13.8 Å². The maximum absolute atomic E-state index is 15.5. The smallest absolute Gasteiger partial charge is 0.309 e. The first kappa shape index (κ1) is 20.9. The number of aromatic amines is 1. The number of carbonyl (C=O) groups is 1. The predicted molar refractivity (Wildman–Crippen MR) is 108 cm³/mol. The summed E-state index contributed by atoms with van der Waals surface area (Å²) in [6.45, 7) is 4.86. The van der Waals surface area contributed by atoms with Crippen molar-refractivity contribution in [2.45, 2.75) is 39.0 Å². The van der Waals surface area contributed by atoms with E-state index in [1.165, 1.54) is 42.0 Å². The number of nitrogens with zero attached hydrogens (tertiary/aromatic N) is 2. The lowest BCUT2D eigenvalue weighted by atomic mass is 9.95. The van der Waals surface area contributed by atoms with Crippen LogP contribution < -0.4 is 0 Å². The molecule has 0 fully saturated rings. The summed E-state index contributed by atoms with van der Waals surface area (Å²) in [5, 5.41) is 15.3. The number of hydrogen-bond acceptors (Lipinski definition) is 2.